The minimum absolute atomic E-state index is 0.0178. The summed E-state index contributed by atoms with van der Waals surface area (Å²) in [6.45, 7) is 4.38. The average Bonchev–Trinajstić information content (AvgIpc) is 2.98. The number of hydrazone groups is 1. The van der Waals surface area contributed by atoms with Crippen molar-refractivity contribution < 1.29 is 26.5 Å². The molecule has 0 saturated carbocycles. The molecule has 12 nitrogen and oxygen atoms in total. The lowest BCUT2D eigenvalue weighted by molar-refractivity contribution is 0.122. The van der Waals surface area contributed by atoms with Gasteiger partial charge in [-0.2, -0.15) is 28.5 Å². The highest BCUT2D eigenvalue weighted by Crippen LogP contribution is 2.30. The van der Waals surface area contributed by atoms with Gasteiger partial charge in [-0.25, -0.2) is 9.82 Å². The van der Waals surface area contributed by atoms with Crippen LogP contribution in [-0.4, -0.2) is 76.1 Å². The van der Waals surface area contributed by atoms with Crippen LogP contribution in [0.2, 0.25) is 0 Å². The zero-order chi connectivity index (χ0) is 28.0. The van der Waals surface area contributed by atoms with Crippen LogP contribution in [0, 0.1) is 5.82 Å². The number of piperidine rings is 1. The summed E-state index contributed by atoms with van der Waals surface area (Å²) in [6, 6.07) is 9.01. The van der Waals surface area contributed by atoms with E-state index in [9.17, 15) is 12.8 Å². The van der Waals surface area contributed by atoms with Crippen LogP contribution in [0.1, 0.15) is 24.8 Å². The van der Waals surface area contributed by atoms with Crippen molar-refractivity contribution >= 4 is 34.2 Å². The number of hydrogen-bond acceptors (Lipinski definition) is 12. The maximum Gasteiger partial charge on any atom is 0.339 e. The molecule has 2 aliphatic rings. The van der Waals surface area contributed by atoms with Gasteiger partial charge >= 0.3 is 10.1 Å². The molecule has 0 radical (unpaired) electrons. The molecule has 40 heavy (non-hydrogen) atoms. The molecule has 2 saturated heterocycles. The molecule has 0 amide bonds. The minimum atomic E-state index is -4.19. The quantitative estimate of drug-likeness (QED) is 0.231. The fourth-order valence-corrected chi connectivity index (χ4v) is 5.25. The van der Waals surface area contributed by atoms with Crippen LogP contribution in [-0.2, 0) is 14.9 Å². The maximum atomic E-state index is 13.2. The number of nitrogens with zero attached hydrogens (tertiary/aromatic N) is 6. The van der Waals surface area contributed by atoms with E-state index in [-0.39, 0.29) is 16.4 Å². The highest BCUT2D eigenvalue weighted by Gasteiger charge is 2.21. The molecule has 5 rings (SSSR count). The van der Waals surface area contributed by atoms with Crippen LogP contribution < -0.4 is 24.1 Å². The van der Waals surface area contributed by atoms with Crippen molar-refractivity contribution in [3.05, 3.63) is 53.8 Å². The number of aromatic nitrogens is 3. The molecular weight excluding hydrogens is 541 g/mol. The second-order valence-electron chi connectivity index (χ2n) is 9.18. The van der Waals surface area contributed by atoms with E-state index in [1.165, 1.54) is 25.8 Å². The van der Waals surface area contributed by atoms with Gasteiger partial charge in [0.05, 0.1) is 26.5 Å². The molecule has 14 heteroatoms. The summed E-state index contributed by atoms with van der Waals surface area (Å²) in [5.41, 5.74) is 3.50. The molecule has 1 aromatic heterocycles. The van der Waals surface area contributed by atoms with E-state index in [1.54, 1.807) is 12.1 Å². The molecule has 0 unspecified atom stereocenters. The molecule has 0 atom stereocenters. The Labute approximate surface area is 231 Å². The zero-order valence-corrected chi connectivity index (χ0v) is 22.8. The van der Waals surface area contributed by atoms with Crippen molar-refractivity contribution in [2.75, 3.05) is 61.7 Å². The highest BCUT2D eigenvalue weighted by atomic mass is 32.2. The van der Waals surface area contributed by atoms with Gasteiger partial charge in [0, 0.05) is 26.2 Å². The molecule has 0 bridgehead atoms. The SMILES string of the molecule is COc1cc(C=NNc2nc(N3CCCCC3)nc(N3CCOCC3)n2)ccc1OS(=O)(=O)c1ccc(F)cc1. The largest absolute Gasteiger partial charge is 0.493 e. The Bertz CT molecular complexity index is 1410. The van der Waals surface area contributed by atoms with E-state index in [2.05, 4.69) is 30.3 Å². The Morgan fingerprint density at radius 1 is 0.925 bits per heavy atom. The van der Waals surface area contributed by atoms with Crippen LogP contribution >= 0.6 is 0 Å². The predicted molar refractivity (Wildman–Crippen MR) is 147 cm³/mol. The molecule has 1 N–H and O–H groups in total. The van der Waals surface area contributed by atoms with Gasteiger partial charge < -0.3 is 23.5 Å². The summed E-state index contributed by atoms with van der Waals surface area (Å²) < 4.78 is 54.4. The second kappa shape index (κ2) is 12.4. The van der Waals surface area contributed by atoms with E-state index < -0.39 is 15.9 Å². The summed E-state index contributed by atoms with van der Waals surface area (Å²) in [7, 11) is -2.79. The standard InChI is InChI=1S/C26H30FN7O5S/c1-37-23-17-19(5-10-22(23)39-40(35,36)21-8-6-20(27)7-9-21)18-28-32-24-29-25(33-11-3-2-4-12-33)31-26(30-24)34-13-15-38-16-14-34/h5-10,17-18H,2-4,11-16H2,1H3,(H,29,30,31,32). The summed E-state index contributed by atoms with van der Waals surface area (Å²) >= 11 is 0. The number of methoxy groups -OCH3 is 1. The van der Waals surface area contributed by atoms with Gasteiger partial charge in [-0.05, 0) is 67.3 Å². The van der Waals surface area contributed by atoms with Crippen molar-refractivity contribution in [2.24, 2.45) is 5.10 Å². The number of hydrogen-bond donors (Lipinski definition) is 1. The highest BCUT2D eigenvalue weighted by molar-refractivity contribution is 7.87. The van der Waals surface area contributed by atoms with E-state index in [0.717, 1.165) is 50.2 Å². The molecular formula is C26H30FN7O5S. The fourth-order valence-electron chi connectivity index (χ4n) is 4.31. The number of benzene rings is 2. The molecule has 2 fully saturated rings. The molecule has 212 valence electrons. The van der Waals surface area contributed by atoms with E-state index in [0.29, 0.717) is 49.7 Å². The van der Waals surface area contributed by atoms with Gasteiger partial charge in [0.1, 0.15) is 10.7 Å². The first-order chi connectivity index (χ1) is 19.4. The Balaban J connectivity index is 1.32. The van der Waals surface area contributed by atoms with Gasteiger partial charge in [0.15, 0.2) is 11.5 Å². The molecule has 2 aliphatic heterocycles. The smallest absolute Gasteiger partial charge is 0.339 e. The lowest BCUT2D eigenvalue weighted by atomic mass is 10.1. The number of morpholine rings is 1. The molecule has 0 aliphatic carbocycles. The van der Waals surface area contributed by atoms with E-state index in [1.807, 2.05) is 0 Å². The number of rotatable bonds is 9. The van der Waals surface area contributed by atoms with Crippen LogP contribution in [0.3, 0.4) is 0 Å². The summed E-state index contributed by atoms with van der Waals surface area (Å²) in [5.74, 6) is 1.10. The van der Waals surface area contributed by atoms with Crippen molar-refractivity contribution in [3.63, 3.8) is 0 Å². The summed E-state index contributed by atoms with van der Waals surface area (Å²) in [6.07, 6.45) is 4.90. The van der Waals surface area contributed by atoms with Gasteiger partial charge in [0.2, 0.25) is 17.8 Å². The lowest BCUT2D eigenvalue weighted by Crippen LogP contribution is -2.38. The summed E-state index contributed by atoms with van der Waals surface area (Å²) in [5, 5.41) is 4.28. The Morgan fingerprint density at radius 3 is 2.27 bits per heavy atom. The van der Waals surface area contributed by atoms with Gasteiger partial charge in [-0.15, -0.1) is 0 Å². The van der Waals surface area contributed by atoms with Crippen LogP contribution in [0.15, 0.2) is 52.5 Å². The zero-order valence-electron chi connectivity index (χ0n) is 22.0. The van der Waals surface area contributed by atoms with E-state index in [4.69, 9.17) is 18.6 Å². The Morgan fingerprint density at radius 2 is 1.60 bits per heavy atom. The molecule has 3 heterocycles. The van der Waals surface area contributed by atoms with Gasteiger partial charge in [-0.3, -0.25) is 0 Å². The first-order valence-electron chi connectivity index (χ1n) is 12.9. The van der Waals surface area contributed by atoms with Crippen LogP contribution in [0.25, 0.3) is 0 Å². The van der Waals surface area contributed by atoms with Crippen LogP contribution in [0.5, 0.6) is 11.5 Å². The second-order valence-corrected chi connectivity index (χ2v) is 10.7. The first kappa shape index (κ1) is 27.5. The monoisotopic (exact) mass is 571 g/mol. The topological polar surface area (TPSA) is 131 Å². The number of anilines is 3. The first-order valence-corrected chi connectivity index (χ1v) is 14.3. The summed E-state index contributed by atoms with van der Waals surface area (Å²) in [4.78, 5) is 17.9. The number of nitrogens with one attached hydrogen (secondary N) is 1. The van der Waals surface area contributed by atoms with Crippen molar-refractivity contribution in [1.82, 2.24) is 15.0 Å². The predicted octanol–water partition coefficient (Wildman–Crippen LogP) is 3.06. The average molecular weight is 572 g/mol. The van der Waals surface area contributed by atoms with E-state index >= 15 is 0 Å². The fraction of sp³-hybridized carbons (Fsp3) is 0.385. The molecule has 2 aromatic carbocycles. The number of ether oxygens (including phenoxy) is 2. The lowest BCUT2D eigenvalue weighted by Gasteiger charge is -2.30. The number of halogens is 1. The van der Waals surface area contributed by atoms with Crippen LogP contribution in [0.4, 0.5) is 22.2 Å². The normalized spacial score (nSPS) is 16.2. The minimum Gasteiger partial charge on any atom is -0.493 e. The third kappa shape index (κ3) is 6.74. The molecule has 0 spiro atoms. The molecule has 3 aromatic rings. The van der Waals surface area contributed by atoms with Gasteiger partial charge in [-0.1, -0.05) is 0 Å². The van der Waals surface area contributed by atoms with Crippen molar-refractivity contribution in [1.29, 1.82) is 0 Å². The van der Waals surface area contributed by atoms with Gasteiger partial charge in [0.25, 0.3) is 0 Å². The third-order valence-electron chi connectivity index (χ3n) is 6.41. The Hall–Kier alpha value is -4.04. The third-order valence-corrected chi connectivity index (χ3v) is 7.66. The Kier molecular flexibility index (Phi) is 8.55. The van der Waals surface area contributed by atoms with Crippen molar-refractivity contribution in [3.8, 4) is 11.5 Å². The van der Waals surface area contributed by atoms with Crippen molar-refractivity contribution in [2.45, 2.75) is 24.2 Å². The maximum absolute atomic E-state index is 13.2.